The van der Waals surface area contributed by atoms with E-state index in [-0.39, 0.29) is 0 Å². The molecule has 0 unspecified atom stereocenters. The number of nitrogens with zero attached hydrogens (tertiary/aromatic N) is 3. The van der Waals surface area contributed by atoms with Gasteiger partial charge in [0, 0.05) is 11.5 Å². The Bertz CT molecular complexity index is 646. The molecule has 0 saturated heterocycles. The van der Waals surface area contributed by atoms with Crippen LogP contribution in [0.5, 0.6) is 0 Å². The molecule has 0 N–H and O–H groups in total. The van der Waals surface area contributed by atoms with Crippen LogP contribution in [-0.2, 0) is 0 Å². The molecule has 0 spiro atoms. The molecule has 0 amide bonds. The van der Waals surface area contributed by atoms with Crippen molar-refractivity contribution in [3.63, 3.8) is 0 Å². The summed E-state index contributed by atoms with van der Waals surface area (Å²) in [6.07, 6.45) is 10.2. The molecule has 1 aliphatic rings. The number of pyridine rings is 1. The van der Waals surface area contributed by atoms with Crippen LogP contribution < -0.4 is 0 Å². The summed E-state index contributed by atoms with van der Waals surface area (Å²) in [4.78, 5) is 8.50. The fraction of sp³-hybridized carbons (Fsp3) is 0.611. The zero-order valence-corrected chi connectivity index (χ0v) is 15.5. The molecule has 3 rings (SSSR count). The molecule has 0 radical (unpaired) electrons. The molecule has 130 valence electrons. The maximum absolute atomic E-state index is 5.94. The zero-order chi connectivity index (χ0) is 16.9. The minimum Gasteiger partial charge on any atom is -0.334 e. The van der Waals surface area contributed by atoms with Gasteiger partial charge < -0.3 is 4.52 Å². The van der Waals surface area contributed by atoms with Crippen LogP contribution in [0.4, 0.5) is 0 Å². The molecular weight excluding hydrogens is 345 g/mol. The van der Waals surface area contributed by atoms with Crippen molar-refractivity contribution >= 4 is 23.2 Å². The van der Waals surface area contributed by atoms with Crippen LogP contribution in [0.25, 0.3) is 11.5 Å². The van der Waals surface area contributed by atoms with Gasteiger partial charge in [0.2, 0.25) is 0 Å². The summed E-state index contributed by atoms with van der Waals surface area (Å²) >= 11 is 11.9. The van der Waals surface area contributed by atoms with Crippen molar-refractivity contribution in [3.05, 3.63) is 28.3 Å². The molecule has 1 aliphatic carbocycles. The standard InChI is InChI=1S/C18H23Cl2N3O/c1-2-3-4-5-12-6-8-13(9-7-12)17-22-18(24-23-17)14-10-15(19)21-16(20)11-14/h10-13H,2-9H2,1H3/t12-,13-. The lowest BCUT2D eigenvalue weighted by Gasteiger charge is -2.26. The molecule has 2 aromatic rings. The van der Waals surface area contributed by atoms with Gasteiger partial charge in [-0.3, -0.25) is 0 Å². The Balaban J connectivity index is 1.60. The zero-order valence-electron chi connectivity index (χ0n) is 14.0. The van der Waals surface area contributed by atoms with Crippen molar-refractivity contribution in [3.8, 4) is 11.5 Å². The second kappa shape index (κ2) is 8.30. The van der Waals surface area contributed by atoms with Gasteiger partial charge in [-0.1, -0.05) is 61.0 Å². The third-order valence-corrected chi connectivity index (χ3v) is 5.27. The smallest absolute Gasteiger partial charge is 0.258 e. The van der Waals surface area contributed by atoms with Gasteiger partial charge in [-0.25, -0.2) is 4.98 Å². The Labute approximate surface area is 153 Å². The summed E-state index contributed by atoms with van der Waals surface area (Å²) in [6, 6.07) is 3.38. The van der Waals surface area contributed by atoms with Crippen LogP contribution >= 0.6 is 23.2 Å². The first-order valence-electron chi connectivity index (χ1n) is 8.82. The van der Waals surface area contributed by atoms with E-state index in [4.69, 9.17) is 27.7 Å². The number of hydrogen-bond acceptors (Lipinski definition) is 4. The lowest BCUT2D eigenvalue weighted by atomic mass is 9.79. The van der Waals surface area contributed by atoms with Gasteiger partial charge >= 0.3 is 0 Å². The highest BCUT2D eigenvalue weighted by Gasteiger charge is 2.26. The van der Waals surface area contributed by atoms with Crippen LogP contribution in [0.3, 0.4) is 0 Å². The molecule has 1 saturated carbocycles. The van der Waals surface area contributed by atoms with E-state index in [1.54, 1.807) is 12.1 Å². The van der Waals surface area contributed by atoms with Crippen molar-refractivity contribution in [1.82, 2.24) is 15.1 Å². The highest BCUT2D eigenvalue weighted by atomic mass is 35.5. The molecule has 1 fully saturated rings. The minimum absolute atomic E-state index is 0.324. The van der Waals surface area contributed by atoms with Gasteiger partial charge in [0.05, 0.1) is 0 Å². The second-order valence-corrected chi connectivity index (χ2v) is 7.45. The van der Waals surface area contributed by atoms with Gasteiger partial charge in [-0.15, -0.1) is 0 Å². The van der Waals surface area contributed by atoms with Crippen molar-refractivity contribution in [2.75, 3.05) is 0 Å². The quantitative estimate of drug-likeness (QED) is 0.444. The number of hydrogen-bond donors (Lipinski definition) is 0. The number of halogens is 2. The van der Waals surface area contributed by atoms with Crippen molar-refractivity contribution in [2.45, 2.75) is 64.2 Å². The van der Waals surface area contributed by atoms with E-state index in [0.29, 0.717) is 27.7 Å². The monoisotopic (exact) mass is 367 g/mol. The van der Waals surface area contributed by atoms with Gasteiger partial charge in [0.25, 0.3) is 5.89 Å². The van der Waals surface area contributed by atoms with E-state index < -0.39 is 0 Å². The topological polar surface area (TPSA) is 51.8 Å². The summed E-state index contributed by atoms with van der Waals surface area (Å²) in [6.45, 7) is 2.26. The predicted molar refractivity (Wildman–Crippen MR) is 96.4 cm³/mol. The Kier molecular flexibility index (Phi) is 6.12. The number of rotatable bonds is 6. The number of aromatic nitrogens is 3. The average Bonchev–Trinajstić information content (AvgIpc) is 3.05. The van der Waals surface area contributed by atoms with E-state index in [2.05, 4.69) is 22.0 Å². The van der Waals surface area contributed by atoms with E-state index in [0.717, 1.165) is 24.6 Å². The van der Waals surface area contributed by atoms with Crippen LogP contribution in [0.15, 0.2) is 16.7 Å². The van der Waals surface area contributed by atoms with Crippen LogP contribution in [0, 0.1) is 5.92 Å². The van der Waals surface area contributed by atoms with Crippen LogP contribution in [0.1, 0.15) is 70.0 Å². The summed E-state index contributed by atoms with van der Waals surface area (Å²) in [7, 11) is 0. The number of unbranched alkanes of at least 4 members (excludes halogenated alkanes) is 2. The third kappa shape index (κ3) is 4.48. The van der Waals surface area contributed by atoms with Gasteiger partial charge in [0.1, 0.15) is 10.3 Å². The normalized spacial score (nSPS) is 21.1. The van der Waals surface area contributed by atoms with Crippen molar-refractivity contribution < 1.29 is 4.52 Å². The molecule has 0 bridgehead atoms. The highest BCUT2D eigenvalue weighted by molar-refractivity contribution is 6.32. The third-order valence-electron chi connectivity index (χ3n) is 4.88. The molecule has 6 heteroatoms. The fourth-order valence-electron chi connectivity index (χ4n) is 3.50. The fourth-order valence-corrected chi connectivity index (χ4v) is 3.96. The molecule has 0 aromatic carbocycles. The van der Waals surface area contributed by atoms with Gasteiger partial charge in [0.15, 0.2) is 5.82 Å². The first-order chi connectivity index (χ1) is 11.7. The Hall–Kier alpha value is -1.13. The average molecular weight is 368 g/mol. The van der Waals surface area contributed by atoms with Crippen LogP contribution in [0.2, 0.25) is 10.3 Å². The van der Waals surface area contributed by atoms with Crippen molar-refractivity contribution in [1.29, 1.82) is 0 Å². The maximum Gasteiger partial charge on any atom is 0.258 e. The molecular formula is C18H23Cl2N3O. The minimum atomic E-state index is 0.324. The summed E-state index contributed by atoms with van der Waals surface area (Å²) in [5.41, 5.74) is 0.715. The lowest BCUT2D eigenvalue weighted by molar-refractivity contribution is 0.292. The summed E-state index contributed by atoms with van der Waals surface area (Å²) in [5, 5.41) is 4.83. The molecule has 24 heavy (non-hydrogen) atoms. The SMILES string of the molecule is CCCCC[C@H]1CC[C@H](c2noc(-c3cc(Cl)nc(Cl)c3)n2)CC1. The molecule has 2 heterocycles. The predicted octanol–water partition coefficient (Wildman–Crippen LogP) is 6.29. The summed E-state index contributed by atoms with van der Waals surface area (Å²) in [5.74, 6) is 2.54. The van der Waals surface area contributed by atoms with Crippen molar-refractivity contribution in [2.24, 2.45) is 5.92 Å². The van der Waals surface area contributed by atoms with E-state index in [1.165, 1.54) is 38.5 Å². The van der Waals surface area contributed by atoms with Gasteiger partial charge in [-0.05, 0) is 43.7 Å². The largest absolute Gasteiger partial charge is 0.334 e. The first-order valence-corrected chi connectivity index (χ1v) is 9.58. The second-order valence-electron chi connectivity index (χ2n) is 6.67. The Morgan fingerprint density at radius 2 is 1.75 bits per heavy atom. The highest BCUT2D eigenvalue weighted by Crippen LogP contribution is 2.37. The molecule has 2 aromatic heterocycles. The van der Waals surface area contributed by atoms with Gasteiger partial charge in [-0.2, -0.15) is 4.98 Å². The van der Waals surface area contributed by atoms with Crippen LogP contribution in [-0.4, -0.2) is 15.1 Å². The molecule has 4 nitrogen and oxygen atoms in total. The lowest BCUT2D eigenvalue weighted by Crippen LogP contribution is -2.14. The summed E-state index contributed by atoms with van der Waals surface area (Å²) < 4.78 is 5.41. The van der Waals surface area contributed by atoms with E-state index in [1.807, 2.05) is 0 Å². The maximum atomic E-state index is 5.94. The van der Waals surface area contributed by atoms with E-state index in [9.17, 15) is 0 Å². The Morgan fingerprint density at radius 3 is 2.42 bits per heavy atom. The molecule has 0 aliphatic heterocycles. The molecule has 0 atom stereocenters. The van der Waals surface area contributed by atoms with E-state index >= 15 is 0 Å². The Morgan fingerprint density at radius 1 is 1.04 bits per heavy atom. The first kappa shape index (κ1) is 17.7.